The van der Waals surface area contributed by atoms with E-state index in [9.17, 15) is 9.59 Å². The Hall–Kier alpha value is -2.57. The minimum atomic E-state index is -0.854. The number of aliphatic carboxylic acids is 1. The summed E-state index contributed by atoms with van der Waals surface area (Å²) in [6, 6.07) is 7.58. The van der Waals surface area contributed by atoms with Gasteiger partial charge in [-0.25, -0.2) is 9.78 Å². The van der Waals surface area contributed by atoms with Crippen molar-refractivity contribution >= 4 is 23.0 Å². The Morgan fingerprint density at radius 2 is 1.86 bits per heavy atom. The molecule has 0 saturated carbocycles. The highest BCUT2D eigenvalue weighted by molar-refractivity contribution is 5.75. The molecule has 7 heteroatoms. The number of urea groups is 1. The Kier molecular flexibility index (Phi) is 5.76. The summed E-state index contributed by atoms with van der Waals surface area (Å²) in [5.74, 6) is 0.0536. The van der Waals surface area contributed by atoms with Crippen LogP contribution in [0.5, 0.6) is 0 Å². The van der Waals surface area contributed by atoms with Crippen LogP contribution in [0.3, 0.4) is 0 Å². The molecule has 0 fully saturated rings. The molecule has 2 amide bonds. The number of imidazole rings is 1. The maximum absolute atomic E-state index is 11.4. The van der Waals surface area contributed by atoms with Gasteiger partial charge in [-0.3, -0.25) is 4.79 Å². The van der Waals surface area contributed by atoms with Crippen LogP contribution in [0, 0.1) is 0 Å². The van der Waals surface area contributed by atoms with Gasteiger partial charge in [0.1, 0.15) is 5.82 Å². The molecule has 0 spiro atoms. The Morgan fingerprint density at radius 1 is 1.14 bits per heavy atom. The molecule has 4 N–H and O–H groups in total. The van der Waals surface area contributed by atoms with Crippen molar-refractivity contribution < 1.29 is 14.7 Å². The van der Waals surface area contributed by atoms with Crippen LogP contribution in [0.1, 0.15) is 25.1 Å². The molecule has 0 atom stereocenters. The van der Waals surface area contributed by atoms with Gasteiger partial charge < -0.3 is 20.7 Å². The number of carbonyl (C=O) groups excluding carboxylic acids is 1. The highest BCUT2D eigenvalue weighted by Crippen LogP contribution is 2.10. The van der Waals surface area contributed by atoms with Crippen LogP contribution in [0.4, 0.5) is 4.79 Å². The normalized spacial score (nSPS) is 10.5. The number of carboxylic acid groups (broad SMARTS) is 1. The number of H-pyrrole nitrogens is 1. The average Bonchev–Trinajstić information content (AvgIpc) is 2.90. The Balaban J connectivity index is 1.60. The topological polar surface area (TPSA) is 107 Å². The number of para-hydroxylation sites is 2. The molecule has 0 radical (unpaired) electrons. The number of carboxylic acids is 1. The zero-order chi connectivity index (χ0) is 15.8. The zero-order valence-corrected chi connectivity index (χ0v) is 12.3. The van der Waals surface area contributed by atoms with E-state index in [1.807, 2.05) is 24.3 Å². The largest absolute Gasteiger partial charge is 0.481 e. The number of aryl methyl sites for hydroxylation is 1. The van der Waals surface area contributed by atoms with Crippen molar-refractivity contribution in [3.8, 4) is 0 Å². The SMILES string of the molecule is O=C(O)CCCNC(=O)NCCCc1nc2ccccc2[nH]1. The first kappa shape index (κ1) is 15.8. The van der Waals surface area contributed by atoms with Crippen molar-refractivity contribution in [2.75, 3.05) is 13.1 Å². The molecule has 0 bridgehead atoms. The highest BCUT2D eigenvalue weighted by Gasteiger charge is 2.03. The van der Waals surface area contributed by atoms with Gasteiger partial charge >= 0.3 is 12.0 Å². The fraction of sp³-hybridized carbons (Fsp3) is 0.400. The van der Waals surface area contributed by atoms with Crippen LogP contribution < -0.4 is 10.6 Å². The van der Waals surface area contributed by atoms with E-state index in [0.717, 1.165) is 29.7 Å². The Labute approximate surface area is 128 Å². The quantitative estimate of drug-likeness (QED) is 0.556. The van der Waals surface area contributed by atoms with E-state index >= 15 is 0 Å². The third-order valence-corrected chi connectivity index (χ3v) is 3.17. The molecule has 1 aromatic carbocycles. The van der Waals surface area contributed by atoms with Crippen LogP contribution in [0.25, 0.3) is 11.0 Å². The van der Waals surface area contributed by atoms with E-state index in [0.29, 0.717) is 19.5 Å². The molecule has 1 heterocycles. The number of hydrogen-bond acceptors (Lipinski definition) is 3. The van der Waals surface area contributed by atoms with Crippen LogP contribution in [0.15, 0.2) is 24.3 Å². The van der Waals surface area contributed by atoms with Gasteiger partial charge in [-0.05, 0) is 25.0 Å². The maximum Gasteiger partial charge on any atom is 0.314 e. The summed E-state index contributed by atoms with van der Waals surface area (Å²) in [5, 5.41) is 13.8. The van der Waals surface area contributed by atoms with Gasteiger partial charge in [0.25, 0.3) is 0 Å². The van der Waals surface area contributed by atoms with Crippen LogP contribution in [-0.4, -0.2) is 40.2 Å². The molecule has 0 aliphatic carbocycles. The van der Waals surface area contributed by atoms with Crippen molar-refractivity contribution in [1.82, 2.24) is 20.6 Å². The lowest BCUT2D eigenvalue weighted by Gasteiger charge is -2.06. The fourth-order valence-corrected chi connectivity index (χ4v) is 2.09. The van der Waals surface area contributed by atoms with Crippen molar-refractivity contribution in [1.29, 1.82) is 0 Å². The molecule has 2 rings (SSSR count). The lowest BCUT2D eigenvalue weighted by Crippen LogP contribution is -2.36. The Morgan fingerprint density at radius 3 is 2.59 bits per heavy atom. The number of amides is 2. The monoisotopic (exact) mass is 304 g/mol. The lowest BCUT2D eigenvalue weighted by molar-refractivity contribution is -0.137. The summed E-state index contributed by atoms with van der Waals surface area (Å²) in [6.45, 7) is 0.906. The summed E-state index contributed by atoms with van der Waals surface area (Å²) in [6.07, 6.45) is 2.03. The number of rotatable bonds is 8. The molecule has 1 aromatic heterocycles. The minimum absolute atomic E-state index is 0.0618. The summed E-state index contributed by atoms with van der Waals surface area (Å²) in [7, 11) is 0. The number of fused-ring (bicyclic) bond motifs is 1. The van der Waals surface area contributed by atoms with Crippen molar-refractivity contribution in [3.63, 3.8) is 0 Å². The van der Waals surface area contributed by atoms with Crippen molar-refractivity contribution in [2.45, 2.75) is 25.7 Å². The molecule has 0 aliphatic rings. The molecule has 118 valence electrons. The van der Waals surface area contributed by atoms with Gasteiger partial charge in [0.15, 0.2) is 0 Å². The lowest BCUT2D eigenvalue weighted by atomic mass is 10.3. The number of nitrogens with zero attached hydrogens (tertiary/aromatic N) is 1. The van der Waals surface area contributed by atoms with E-state index in [1.165, 1.54) is 0 Å². The first-order chi connectivity index (χ1) is 10.6. The predicted octanol–water partition coefficient (Wildman–Crippen LogP) is 1.66. The van der Waals surface area contributed by atoms with E-state index in [-0.39, 0.29) is 12.5 Å². The summed E-state index contributed by atoms with van der Waals surface area (Å²) in [5.41, 5.74) is 1.96. The van der Waals surface area contributed by atoms with Gasteiger partial charge in [0, 0.05) is 25.9 Å². The molecular weight excluding hydrogens is 284 g/mol. The zero-order valence-electron chi connectivity index (χ0n) is 12.3. The van der Waals surface area contributed by atoms with Crippen LogP contribution in [0.2, 0.25) is 0 Å². The second-order valence-corrected chi connectivity index (χ2v) is 4.98. The third kappa shape index (κ3) is 5.08. The van der Waals surface area contributed by atoms with Crippen LogP contribution >= 0.6 is 0 Å². The second-order valence-electron chi connectivity index (χ2n) is 4.98. The van der Waals surface area contributed by atoms with E-state index in [4.69, 9.17) is 5.11 Å². The average molecular weight is 304 g/mol. The fourth-order valence-electron chi connectivity index (χ4n) is 2.09. The van der Waals surface area contributed by atoms with Crippen LogP contribution in [-0.2, 0) is 11.2 Å². The molecular formula is C15H20N4O3. The van der Waals surface area contributed by atoms with Gasteiger partial charge in [0.05, 0.1) is 11.0 Å². The standard InChI is InChI=1S/C15H20N4O3/c20-14(21)8-4-10-17-15(22)16-9-3-7-13-18-11-5-1-2-6-12(11)19-13/h1-2,5-6H,3-4,7-10H2,(H,18,19)(H,20,21)(H2,16,17,22). The van der Waals surface area contributed by atoms with Crippen molar-refractivity contribution in [3.05, 3.63) is 30.1 Å². The van der Waals surface area contributed by atoms with E-state index in [2.05, 4.69) is 20.6 Å². The third-order valence-electron chi connectivity index (χ3n) is 3.17. The number of aromatic amines is 1. The van der Waals surface area contributed by atoms with E-state index in [1.54, 1.807) is 0 Å². The van der Waals surface area contributed by atoms with E-state index < -0.39 is 5.97 Å². The minimum Gasteiger partial charge on any atom is -0.481 e. The first-order valence-corrected chi connectivity index (χ1v) is 7.32. The molecule has 7 nitrogen and oxygen atoms in total. The Bertz CT molecular complexity index is 606. The molecule has 0 aliphatic heterocycles. The van der Waals surface area contributed by atoms with Gasteiger partial charge in [-0.1, -0.05) is 12.1 Å². The summed E-state index contributed by atoms with van der Waals surface area (Å²) in [4.78, 5) is 29.5. The second kappa shape index (κ2) is 8.02. The number of carbonyl (C=O) groups is 2. The maximum atomic E-state index is 11.4. The number of nitrogens with one attached hydrogen (secondary N) is 3. The van der Waals surface area contributed by atoms with Gasteiger partial charge in [0.2, 0.25) is 0 Å². The van der Waals surface area contributed by atoms with Crippen molar-refractivity contribution in [2.24, 2.45) is 0 Å². The predicted molar refractivity (Wildman–Crippen MR) is 82.7 cm³/mol. The van der Waals surface area contributed by atoms with Gasteiger partial charge in [-0.2, -0.15) is 0 Å². The first-order valence-electron chi connectivity index (χ1n) is 7.32. The smallest absolute Gasteiger partial charge is 0.314 e. The molecule has 2 aromatic rings. The molecule has 0 saturated heterocycles. The number of benzene rings is 1. The summed E-state index contributed by atoms with van der Waals surface area (Å²) >= 11 is 0. The van der Waals surface area contributed by atoms with Gasteiger partial charge in [-0.15, -0.1) is 0 Å². The molecule has 0 unspecified atom stereocenters. The highest BCUT2D eigenvalue weighted by atomic mass is 16.4. The summed E-state index contributed by atoms with van der Waals surface area (Å²) < 4.78 is 0. The number of aromatic nitrogens is 2. The molecule has 22 heavy (non-hydrogen) atoms. The number of hydrogen-bond donors (Lipinski definition) is 4.